The van der Waals surface area contributed by atoms with Gasteiger partial charge in [0.25, 0.3) is 8.32 Å². The van der Waals surface area contributed by atoms with Gasteiger partial charge in [-0.1, -0.05) is 93.0 Å². The highest BCUT2D eigenvalue weighted by Gasteiger charge is 2.50. The Morgan fingerprint density at radius 3 is 2.14 bits per heavy atom. The molecular weight excluding hydrogens is 589 g/mol. The number of nitrogens with zero attached hydrogens (tertiary/aromatic N) is 3. The molecule has 2 aromatic heterocycles. The van der Waals surface area contributed by atoms with Gasteiger partial charge >= 0.3 is 0 Å². The highest BCUT2D eigenvalue weighted by atomic mass is 35.5. The van der Waals surface area contributed by atoms with Gasteiger partial charge < -0.3 is 14.1 Å². The molecule has 0 N–H and O–H groups in total. The second kappa shape index (κ2) is 12.3. The Bertz CT molecular complexity index is 1480. The van der Waals surface area contributed by atoms with Gasteiger partial charge in [0, 0.05) is 24.7 Å². The number of thiazole rings is 1. The lowest BCUT2D eigenvalue weighted by atomic mass is 10.1. The number of ether oxygens (including phenoxy) is 1. The molecule has 0 spiro atoms. The van der Waals surface area contributed by atoms with Gasteiger partial charge in [0.1, 0.15) is 5.02 Å². The van der Waals surface area contributed by atoms with Crippen molar-refractivity contribution in [1.82, 2.24) is 9.97 Å². The molecule has 0 aliphatic carbocycles. The lowest BCUT2D eigenvalue weighted by molar-refractivity contribution is -0.00535. The Hall–Kier alpha value is -2.95. The van der Waals surface area contributed by atoms with E-state index in [4.69, 9.17) is 20.8 Å². The van der Waals surface area contributed by atoms with Gasteiger partial charge in [0.15, 0.2) is 16.5 Å². The van der Waals surface area contributed by atoms with Gasteiger partial charge in [0.05, 0.1) is 30.2 Å². The average molecular weight is 624 g/mol. The lowest BCUT2D eigenvalue weighted by Gasteiger charge is -2.43. The third-order valence-corrected chi connectivity index (χ3v) is 13.6. The molecule has 5 rings (SSSR count). The number of aromatic nitrogens is 2. The molecule has 10 heteroatoms. The minimum atomic E-state index is -2.98. The third kappa shape index (κ3) is 5.81. The summed E-state index contributed by atoms with van der Waals surface area (Å²) in [7, 11) is -2.98. The zero-order chi connectivity index (χ0) is 30.1. The summed E-state index contributed by atoms with van der Waals surface area (Å²) in [5.41, 5.74) is 0.495. The van der Waals surface area contributed by atoms with Crippen molar-refractivity contribution < 1.29 is 18.3 Å². The van der Waals surface area contributed by atoms with E-state index in [2.05, 4.69) is 55.0 Å². The summed E-state index contributed by atoms with van der Waals surface area (Å²) < 4.78 is 29.0. The highest BCUT2D eigenvalue weighted by molar-refractivity contribution is 7.11. The topological polar surface area (TPSA) is 64.5 Å². The van der Waals surface area contributed by atoms with E-state index in [1.54, 1.807) is 5.38 Å². The summed E-state index contributed by atoms with van der Waals surface area (Å²) in [4.78, 5) is 24.1. The summed E-state index contributed by atoms with van der Waals surface area (Å²) in [5, 5.41) is 3.59. The number of carbonyl (C=O) groups excluding carboxylic acids is 1. The molecule has 6 nitrogen and oxygen atoms in total. The van der Waals surface area contributed by atoms with Gasteiger partial charge in [-0.2, -0.15) is 0 Å². The van der Waals surface area contributed by atoms with Crippen molar-refractivity contribution in [3.63, 3.8) is 0 Å². The molecule has 2 atom stereocenters. The van der Waals surface area contributed by atoms with Crippen LogP contribution in [0.5, 0.6) is 0 Å². The number of hydrogen-bond donors (Lipinski definition) is 0. The number of morpholine rings is 1. The van der Waals surface area contributed by atoms with Crippen molar-refractivity contribution >= 4 is 53.1 Å². The maximum Gasteiger partial charge on any atom is 0.261 e. The van der Waals surface area contributed by atoms with E-state index in [0.29, 0.717) is 24.5 Å². The van der Waals surface area contributed by atoms with Gasteiger partial charge in [-0.25, -0.2) is 14.4 Å². The van der Waals surface area contributed by atoms with E-state index in [1.165, 1.54) is 6.20 Å². The first-order valence-corrected chi connectivity index (χ1v) is 17.2. The maximum absolute atomic E-state index is 15.9. The van der Waals surface area contributed by atoms with Gasteiger partial charge in [0.2, 0.25) is 5.78 Å². The monoisotopic (exact) mass is 623 g/mol. The molecule has 1 aliphatic rings. The van der Waals surface area contributed by atoms with Crippen LogP contribution in [-0.2, 0) is 15.8 Å². The van der Waals surface area contributed by atoms with E-state index in [9.17, 15) is 4.79 Å². The number of benzene rings is 2. The molecule has 0 amide bonds. The molecule has 1 aliphatic heterocycles. The molecule has 2 aromatic carbocycles. The largest absolute Gasteiger partial charge is 0.401 e. The van der Waals surface area contributed by atoms with E-state index in [0.717, 1.165) is 21.7 Å². The quantitative estimate of drug-likeness (QED) is 0.171. The number of halogens is 2. The minimum Gasteiger partial charge on any atom is -0.401 e. The molecule has 0 bridgehead atoms. The fourth-order valence-corrected chi connectivity index (χ4v) is 11.3. The SMILES string of the molecule is C[C@@H]1CN(c2c(CO[Si](c3ccccc3)(c3ccccc3)C(C)(C)C)nc(C(=O)c3nccs3)c(F)c2Cl)C[C@H](C)O1. The van der Waals surface area contributed by atoms with Crippen LogP contribution in [-0.4, -0.2) is 49.4 Å². The van der Waals surface area contributed by atoms with E-state index in [-0.39, 0.29) is 39.6 Å². The average Bonchev–Trinajstić information content (AvgIpc) is 3.50. The van der Waals surface area contributed by atoms with Crippen LogP contribution in [0.15, 0.2) is 72.2 Å². The van der Waals surface area contributed by atoms with Crippen molar-refractivity contribution in [2.45, 2.75) is 58.5 Å². The smallest absolute Gasteiger partial charge is 0.261 e. The molecule has 1 saturated heterocycles. The van der Waals surface area contributed by atoms with Crippen LogP contribution >= 0.6 is 22.9 Å². The molecule has 4 aromatic rings. The van der Waals surface area contributed by atoms with Crippen molar-refractivity contribution in [3.05, 3.63) is 99.5 Å². The summed E-state index contributed by atoms with van der Waals surface area (Å²) in [5.74, 6) is -1.46. The summed E-state index contributed by atoms with van der Waals surface area (Å²) in [6, 6.07) is 20.5. The Balaban J connectivity index is 1.68. The van der Waals surface area contributed by atoms with E-state index in [1.807, 2.05) is 55.1 Å². The van der Waals surface area contributed by atoms with Crippen molar-refractivity contribution in [3.8, 4) is 0 Å². The minimum absolute atomic E-state index is 0.0287. The molecule has 220 valence electrons. The van der Waals surface area contributed by atoms with Crippen molar-refractivity contribution in [1.29, 1.82) is 0 Å². The molecule has 3 heterocycles. The first-order chi connectivity index (χ1) is 20.0. The lowest BCUT2D eigenvalue weighted by Crippen LogP contribution is -2.66. The number of anilines is 1. The van der Waals surface area contributed by atoms with Crippen LogP contribution < -0.4 is 15.3 Å². The molecule has 0 saturated carbocycles. The summed E-state index contributed by atoms with van der Waals surface area (Å²) in [6.07, 6.45) is 1.31. The first kappa shape index (κ1) is 30.5. The van der Waals surface area contributed by atoms with Gasteiger partial charge in [-0.05, 0) is 29.3 Å². The van der Waals surface area contributed by atoms with E-state index >= 15 is 4.39 Å². The summed E-state index contributed by atoms with van der Waals surface area (Å²) >= 11 is 7.93. The number of hydrogen-bond acceptors (Lipinski definition) is 7. The molecule has 1 fully saturated rings. The van der Waals surface area contributed by atoms with Crippen LogP contribution in [0.25, 0.3) is 0 Å². The zero-order valence-electron chi connectivity index (χ0n) is 24.4. The Morgan fingerprint density at radius 1 is 1.07 bits per heavy atom. The van der Waals surface area contributed by atoms with Crippen molar-refractivity contribution in [2.24, 2.45) is 0 Å². The van der Waals surface area contributed by atoms with Crippen LogP contribution in [0.3, 0.4) is 0 Å². The summed E-state index contributed by atoms with van der Waals surface area (Å²) in [6.45, 7) is 11.5. The predicted octanol–water partition coefficient (Wildman–Crippen LogP) is 6.25. The van der Waals surface area contributed by atoms with Gasteiger partial charge in [-0.15, -0.1) is 11.3 Å². The Morgan fingerprint density at radius 2 is 1.64 bits per heavy atom. The highest BCUT2D eigenvalue weighted by Crippen LogP contribution is 2.40. The normalized spacial score (nSPS) is 17.8. The van der Waals surface area contributed by atoms with Crippen LogP contribution in [0.1, 0.15) is 55.8 Å². The number of ketones is 1. The third-order valence-electron chi connectivity index (χ3n) is 7.55. The van der Waals surface area contributed by atoms with Gasteiger partial charge in [-0.3, -0.25) is 4.79 Å². The standard InChI is InChI=1S/C32H35ClFN3O3SSi/c1-21-18-37(19-22(2)40-21)29-25(36-28(27(34)26(29)33)30(38)31-35-16-17-41-31)20-39-42(32(3,4)5,23-12-8-6-9-13-23)24-14-10-7-11-15-24/h6-17,21-22H,18-20H2,1-5H3/t21-,22+. The number of pyridine rings is 1. The zero-order valence-corrected chi connectivity index (χ0v) is 27.0. The van der Waals surface area contributed by atoms with Crippen molar-refractivity contribution in [2.75, 3.05) is 18.0 Å². The van der Waals surface area contributed by atoms with Crippen LogP contribution in [0.2, 0.25) is 10.1 Å². The number of rotatable bonds is 8. The predicted molar refractivity (Wildman–Crippen MR) is 169 cm³/mol. The Labute approximate surface area is 256 Å². The molecular formula is C32H35ClFN3O3SSi. The molecule has 0 unspecified atom stereocenters. The second-order valence-electron chi connectivity index (χ2n) is 11.7. The molecule has 0 radical (unpaired) electrons. The maximum atomic E-state index is 15.9. The second-order valence-corrected chi connectivity index (χ2v) is 17.2. The molecule has 42 heavy (non-hydrogen) atoms. The number of carbonyl (C=O) groups is 1. The fourth-order valence-electron chi connectivity index (χ4n) is 5.88. The first-order valence-electron chi connectivity index (χ1n) is 14.0. The van der Waals surface area contributed by atoms with Crippen LogP contribution in [0, 0.1) is 5.82 Å². The van der Waals surface area contributed by atoms with E-state index < -0.39 is 19.9 Å². The Kier molecular flexibility index (Phi) is 8.96. The van der Waals surface area contributed by atoms with Crippen LogP contribution in [0.4, 0.5) is 10.1 Å². The fraction of sp³-hybridized carbons (Fsp3) is 0.344.